The molecule has 0 spiro atoms. The predicted molar refractivity (Wildman–Crippen MR) is 82.3 cm³/mol. The number of hydrogen-bond donors (Lipinski definition) is 0. The van der Waals surface area contributed by atoms with Gasteiger partial charge in [-0.2, -0.15) is 4.31 Å². The molecule has 3 fully saturated rings. The normalized spacial score (nSPS) is 32.1. The Hall–Kier alpha value is -0.960. The molecule has 0 radical (unpaired) electrons. The van der Waals surface area contributed by atoms with E-state index in [1.165, 1.54) is 19.2 Å². The second-order valence-electron chi connectivity index (χ2n) is 6.81. The van der Waals surface area contributed by atoms with E-state index < -0.39 is 10.0 Å². The SMILES string of the molecule is Cn1cnc(S(=O)(=O)N2C[C@H](OCC3CC3)[C@H]3OCCC[C@H]32)c1. The van der Waals surface area contributed by atoms with E-state index in [4.69, 9.17) is 9.47 Å². The highest BCUT2D eigenvalue weighted by Crippen LogP contribution is 2.36. The Morgan fingerprint density at radius 2 is 2.22 bits per heavy atom. The highest BCUT2D eigenvalue weighted by Gasteiger charge is 2.50. The molecule has 1 aromatic heterocycles. The standard InChI is InChI=1S/C15H23N3O4S/c1-17-8-14(16-10-17)23(19,20)18-7-13(22-9-11-4-5-11)15-12(18)3-2-6-21-15/h8,10-13,15H,2-7,9H2,1H3/t12-,13+,15+/m1/s1. The minimum atomic E-state index is -3.60. The van der Waals surface area contributed by atoms with E-state index >= 15 is 0 Å². The number of aromatic nitrogens is 2. The van der Waals surface area contributed by atoms with Crippen LogP contribution in [-0.4, -0.2) is 60.3 Å². The zero-order chi connectivity index (χ0) is 16.0. The summed E-state index contributed by atoms with van der Waals surface area (Å²) in [6.07, 6.45) is 6.88. The van der Waals surface area contributed by atoms with Crippen molar-refractivity contribution in [3.05, 3.63) is 12.5 Å². The van der Waals surface area contributed by atoms with Crippen LogP contribution in [0.2, 0.25) is 0 Å². The summed E-state index contributed by atoms with van der Waals surface area (Å²) >= 11 is 0. The van der Waals surface area contributed by atoms with E-state index in [0.717, 1.165) is 12.8 Å². The maximum Gasteiger partial charge on any atom is 0.262 e. The van der Waals surface area contributed by atoms with Gasteiger partial charge in [-0.1, -0.05) is 0 Å². The van der Waals surface area contributed by atoms with Crippen LogP contribution in [-0.2, 0) is 26.5 Å². The van der Waals surface area contributed by atoms with E-state index in [1.54, 1.807) is 22.1 Å². The smallest absolute Gasteiger partial charge is 0.262 e. The lowest BCUT2D eigenvalue weighted by atomic mass is 10.0. The third-order valence-electron chi connectivity index (χ3n) is 4.93. The molecule has 0 amide bonds. The summed E-state index contributed by atoms with van der Waals surface area (Å²) in [5.41, 5.74) is 0. The summed E-state index contributed by atoms with van der Waals surface area (Å²) in [5, 5.41) is 0.104. The van der Waals surface area contributed by atoms with E-state index in [0.29, 0.717) is 25.7 Å². The van der Waals surface area contributed by atoms with Gasteiger partial charge in [0.05, 0.1) is 18.5 Å². The van der Waals surface area contributed by atoms with Gasteiger partial charge >= 0.3 is 0 Å². The molecule has 4 rings (SSSR count). The van der Waals surface area contributed by atoms with Gasteiger partial charge in [0.1, 0.15) is 6.10 Å². The summed E-state index contributed by atoms with van der Waals surface area (Å²) < 4.78 is 41.0. The first-order valence-corrected chi connectivity index (χ1v) is 9.73. The zero-order valence-electron chi connectivity index (χ0n) is 13.3. The molecule has 3 atom stereocenters. The Labute approximate surface area is 136 Å². The van der Waals surface area contributed by atoms with Crippen molar-refractivity contribution >= 4 is 10.0 Å². The Morgan fingerprint density at radius 3 is 2.91 bits per heavy atom. The number of fused-ring (bicyclic) bond motifs is 1. The fourth-order valence-electron chi connectivity index (χ4n) is 3.48. The number of rotatable bonds is 5. The first-order valence-electron chi connectivity index (χ1n) is 8.29. The maximum absolute atomic E-state index is 12.9. The van der Waals surface area contributed by atoms with E-state index in [-0.39, 0.29) is 23.3 Å². The fraction of sp³-hybridized carbons (Fsp3) is 0.800. The number of hydrogen-bond acceptors (Lipinski definition) is 5. The van der Waals surface area contributed by atoms with Crippen LogP contribution in [0, 0.1) is 5.92 Å². The van der Waals surface area contributed by atoms with Crippen molar-refractivity contribution in [1.29, 1.82) is 0 Å². The maximum atomic E-state index is 12.9. The molecule has 0 unspecified atom stereocenters. The van der Waals surface area contributed by atoms with E-state index in [2.05, 4.69) is 4.98 Å². The number of imidazole rings is 1. The van der Waals surface area contributed by atoms with Crippen LogP contribution in [0.3, 0.4) is 0 Å². The molecule has 0 bridgehead atoms. The van der Waals surface area contributed by atoms with Crippen LogP contribution in [0.5, 0.6) is 0 Å². The van der Waals surface area contributed by atoms with Crippen molar-refractivity contribution in [1.82, 2.24) is 13.9 Å². The summed E-state index contributed by atoms with van der Waals surface area (Å²) in [5.74, 6) is 0.651. The van der Waals surface area contributed by atoms with Crippen LogP contribution in [0.1, 0.15) is 25.7 Å². The fourth-order valence-corrected chi connectivity index (χ4v) is 5.12. The van der Waals surface area contributed by atoms with Gasteiger partial charge in [-0.15, -0.1) is 0 Å². The molecule has 1 saturated carbocycles. The van der Waals surface area contributed by atoms with Crippen LogP contribution in [0.15, 0.2) is 17.6 Å². The van der Waals surface area contributed by atoms with Gasteiger partial charge in [-0.05, 0) is 31.6 Å². The number of nitrogens with zero attached hydrogens (tertiary/aromatic N) is 3. The first kappa shape index (κ1) is 15.6. The van der Waals surface area contributed by atoms with Crippen molar-refractivity contribution in [3.63, 3.8) is 0 Å². The Kier molecular flexibility index (Phi) is 3.95. The first-order chi connectivity index (χ1) is 11.1. The van der Waals surface area contributed by atoms with Gasteiger partial charge in [0, 0.05) is 33.0 Å². The molecule has 23 heavy (non-hydrogen) atoms. The molecule has 0 aromatic carbocycles. The monoisotopic (exact) mass is 341 g/mol. The lowest BCUT2D eigenvalue weighted by Gasteiger charge is -2.31. The highest BCUT2D eigenvalue weighted by atomic mass is 32.2. The second kappa shape index (κ2) is 5.84. The van der Waals surface area contributed by atoms with E-state index in [9.17, 15) is 8.42 Å². The van der Waals surface area contributed by atoms with Gasteiger partial charge in [0.25, 0.3) is 10.0 Å². The molecule has 3 aliphatic rings. The summed E-state index contributed by atoms with van der Waals surface area (Å²) in [7, 11) is -1.83. The number of ether oxygens (including phenoxy) is 2. The van der Waals surface area contributed by atoms with Crippen molar-refractivity contribution in [3.8, 4) is 0 Å². The molecule has 2 aliphatic heterocycles. The summed E-state index contributed by atoms with van der Waals surface area (Å²) in [4.78, 5) is 4.03. The highest BCUT2D eigenvalue weighted by molar-refractivity contribution is 7.89. The topological polar surface area (TPSA) is 73.7 Å². The Bertz CT molecular complexity index is 670. The Morgan fingerprint density at radius 1 is 1.39 bits per heavy atom. The van der Waals surface area contributed by atoms with Gasteiger partial charge in [-0.3, -0.25) is 0 Å². The average molecular weight is 341 g/mol. The van der Waals surface area contributed by atoms with Crippen LogP contribution < -0.4 is 0 Å². The van der Waals surface area contributed by atoms with Crippen molar-refractivity contribution in [2.75, 3.05) is 19.8 Å². The largest absolute Gasteiger partial charge is 0.374 e. The molecule has 1 aliphatic carbocycles. The minimum absolute atomic E-state index is 0.104. The van der Waals surface area contributed by atoms with Gasteiger partial charge < -0.3 is 14.0 Å². The van der Waals surface area contributed by atoms with Crippen molar-refractivity contribution in [2.45, 2.75) is 49.0 Å². The van der Waals surface area contributed by atoms with Crippen LogP contribution in [0.4, 0.5) is 0 Å². The van der Waals surface area contributed by atoms with Gasteiger partial charge in [0.15, 0.2) is 5.03 Å². The van der Waals surface area contributed by atoms with Crippen molar-refractivity contribution in [2.24, 2.45) is 13.0 Å². The summed E-state index contributed by atoms with van der Waals surface area (Å²) in [6, 6.07) is -0.139. The molecular weight excluding hydrogens is 318 g/mol. The third-order valence-corrected chi connectivity index (χ3v) is 6.70. The second-order valence-corrected chi connectivity index (χ2v) is 8.65. The number of sulfonamides is 1. The zero-order valence-corrected chi connectivity index (χ0v) is 14.1. The molecule has 8 heteroatoms. The third kappa shape index (κ3) is 2.93. The van der Waals surface area contributed by atoms with Crippen LogP contribution >= 0.6 is 0 Å². The molecule has 2 saturated heterocycles. The predicted octanol–water partition coefficient (Wildman–Crippen LogP) is 0.767. The molecule has 128 valence electrons. The quantitative estimate of drug-likeness (QED) is 0.791. The Balaban J connectivity index is 1.56. The van der Waals surface area contributed by atoms with Gasteiger partial charge in [-0.25, -0.2) is 13.4 Å². The molecule has 0 N–H and O–H groups in total. The van der Waals surface area contributed by atoms with E-state index in [1.807, 2.05) is 0 Å². The number of aryl methyl sites for hydroxylation is 1. The minimum Gasteiger partial charge on any atom is -0.374 e. The molecule has 1 aromatic rings. The molecule has 3 heterocycles. The molecular formula is C15H23N3O4S. The molecule has 7 nitrogen and oxygen atoms in total. The van der Waals surface area contributed by atoms with Gasteiger partial charge in [0.2, 0.25) is 0 Å². The lowest BCUT2D eigenvalue weighted by Crippen LogP contribution is -2.44. The average Bonchev–Trinajstić information content (AvgIpc) is 3.13. The lowest BCUT2D eigenvalue weighted by molar-refractivity contribution is -0.0773. The summed E-state index contributed by atoms with van der Waals surface area (Å²) in [6.45, 7) is 1.76. The van der Waals surface area contributed by atoms with Crippen LogP contribution in [0.25, 0.3) is 0 Å². The van der Waals surface area contributed by atoms with Crippen molar-refractivity contribution < 1.29 is 17.9 Å².